The number of nitrogens with two attached hydrogens (primary N) is 1. The van der Waals surface area contributed by atoms with E-state index in [9.17, 15) is 9.90 Å². The highest BCUT2D eigenvalue weighted by molar-refractivity contribution is 7.80. The minimum absolute atomic E-state index is 0.0979. The maximum atomic E-state index is 11.9. The normalized spacial score (nSPS) is 11.8. The number of aromatic hydroxyl groups is 2. The maximum absolute atomic E-state index is 11.9. The summed E-state index contributed by atoms with van der Waals surface area (Å²) in [6.45, 7) is 1.90. The summed E-state index contributed by atoms with van der Waals surface area (Å²) in [4.78, 5) is 12.2. The van der Waals surface area contributed by atoms with Crippen LogP contribution in [0.5, 0.6) is 11.5 Å². The van der Waals surface area contributed by atoms with Gasteiger partial charge in [0.2, 0.25) is 0 Å². The molecule has 1 rings (SSSR count). The quantitative estimate of drug-likeness (QED) is 0.603. The van der Waals surface area contributed by atoms with E-state index in [2.05, 4.69) is 5.32 Å². The van der Waals surface area contributed by atoms with Crippen LogP contribution in [0.2, 0.25) is 0 Å². The van der Waals surface area contributed by atoms with Crippen LogP contribution < -0.4 is 11.1 Å². The first kappa shape index (κ1) is 14.2. The highest BCUT2D eigenvalue weighted by Gasteiger charge is 2.16. The molecule has 0 aromatic heterocycles. The molecule has 0 spiro atoms. The predicted octanol–water partition coefficient (Wildman–Crippen LogP) is 1.28. The molecule has 1 unspecified atom stereocenters. The van der Waals surface area contributed by atoms with Crippen LogP contribution in [0.3, 0.4) is 0 Å². The summed E-state index contributed by atoms with van der Waals surface area (Å²) in [5.74, 6) is -0.785. The lowest BCUT2D eigenvalue weighted by atomic mass is 10.1. The van der Waals surface area contributed by atoms with E-state index in [4.69, 9.17) is 23.1 Å². The summed E-state index contributed by atoms with van der Waals surface area (Å²) in [5, 5.41) is 21.4. The Morgan fingerprint density at radius 1 is 1.50 bits per heavy atom. The Kier molecular flexibility index (Phi) is 4.91. The third-order valence-electron chi connectivity index (χ3n) is 2.50. The standard InChI is InChI=1S/C12H16N2O3S/c1-2-7(5-11(13)18)14-12(17)9-4-3-8(15)6-10(9)16/h3-4,6-7,15-16H,2,5H2,1H3,(H2,13,18)(H,14,17). The number of nitrogens with one attached hydrogen (secondary N) is 1. The van der Waals surface area contributed by atoms with Crippen LogP contribution in [0.25, 0.3) is 0 Å². The van der Waals surface area contributed by atoms with Gasteiger partial charge in [-0.15, -0.1) is 0 Å². The Labute approximate surface area is 111 Å². The van der Waals surface area contributed by atoms with Gasteiger partial charge in [0.1, 0.15) is 11.5 Å². The highest BCUT2D eigenvalue weighted by atomic mass is 32.1. The van der Waals surface area contributed by atoms with Gasteiger partial charge in [0, 0.05) is 18.5 Å². The van der Waals surface area contributed by atoms with Crippen molar-refractivity contribution in [3.8, 4) is 11.5 Å². The topological polar surface area (TPSA) is 95.6 Å². The third-order valence-corrected chi connectivity index (χ3v) is 2.67. The number of hydrogen-bond acceptors (Lipinski definition) is 4. The number of rotatable bonds is 5. The van der Waals surface area contributed by atoms with Gasteiger partial charge in [0.15, 0.2) is 0 Å². The Morgan fingerprint density at radius 2 is 2.17 bits per heavy atom. The van der Waals surface area contributed by atoms with Crippen molar-refractivity contribution >= 4 is 23.1 Å². The van der Waals surface area contributed by atoms with E-state index < -0.39 is 5.91 Å². The van der Waals surface area contributed by atoms with Crippen molar-refractivity contribution in [2.45, 2.75) is 25.8 Å². The zero-order valence-electron chi connectivity index (χ0n) is 10.0. The van der Waals surface area contributed by atoms with Crippen molar-refractivity contribution in [3.05, 3.63) is 23.8 Å². The number of hydrogen-bond donors (Lipinski definition) is 4. The molecule has 1 aromatic carbocycles. The number of benzene rings is 1. The fourth-order valence-corrected chi connectivity index (χ4v) is 1.72. The minimum Gasteiger partial charge on any atom is -0.508 e. The van der Waals surface area contributed by atoms with Crippen LogP contribution >= 0.6 is 12.2 Å². The first-order valence-electron chi connectivity index (χ1n) is 5.55. The van der Waals surface area contributed by atoms with Crippen molar-refractivity contribution in [3.63, 3.8) is 0 Å². The summed E-state index contributed by atoms with van der Waals surface area (Å²) < 4.78 is 0. The minimum atomic E-state index is -0.421. The SMILES string of the molecule is CCC(CC(N)=S)NC(=O)c1ccc(O)cc1O. The predicted molar refractivity (Wildman–Crippen MR) is 72.7 cm³/mol. The number of amides is 1. The van der Waals surface area contributed by atoms with Gasteiger partial charge < -0.3 is 21.3 Å². The van der Waals surface area contributed by atoms with Gasteiger partial charge in [-0.25, -0.2) is 0 Å². The molecule has 6 heteroatoms. The summed E-state index contributed by atoms with van der Waals surface area (Å²) in [6.07, 6.45) is 1.10. The monoisotopic (exact) mass is 268 g/mol. The lowest BCUT2D eigenvalue weighted by molar-refractivity contribution is 0.0934. The Bertz CT molecular complexity index is 463. The zero-order chi connectivity index (χ0) is 13.7. The molecule has 5 N–H and O–H groups in total. The van der Waals surface area contributed by atoms with E-state index in [-0.39, 0.29) is 23.1 Å². The molecule has 0 bridgehead atoms. The second-order valence-corrected chi connectivity index (χ2v) is 4.47. The van der Waals surface area contributed by atoms with E-state index in [0.717, 1.165) is 6.07 Å². The molecule has 5 nitrogen and oxygen atoms in total. The average molecular weight is 268 g/mol. The van der Waals surface area contributed by atoms with Crippen LogP contribution in [0.1, 0.15) is 30.1 Å². The fraction of sp³-hybridized carbons (Fsp3) is 0.333. The molecule has 18 heavy (non-hydrogen) atoms. The Morgan fingerprint density at radius 3 is 2.67 bits per heavy atom. The van der Waals surface area contributed by atoms with Crippen molar-refractivity contribution in [1.82, 2.24) is 5.32 Å². The van der Waals surface area contributed by atoms with E-state index in [1.165, 1.54) is 12.1 Å². The van der Waals surface area contributed by atoms with Gasteiger partial charge in [0.25, 0.3) is 5.91 Å². The van der Waals surface area contributed by atoms with E-state index in [0.29, 0.717) is 17.8 Å². The second-order valence-electron chi connectivity index (χ2n) is 3.95. The van der Waals surface area contributed by atoms with Crippen molar-refractivity contribution in [2.75, 3.05) is 0 Å². The number of thiocarbonyl (C=S) groups is 1. The summed E-state index contributed by atoms with van der Waals surface area (Å²) in [7, 11) is 0. The van der Waals surface area contributed by atoms with E-state index >= 15 is 0 Å². The Balaban J connectivity index is 2.77. The molecule has 0 radical (unpaired) electrons. The first-order chi connectivity index (χ1) is 8.43. The fourth-order valence-electron chi connectivity index (χ4n) is 1.52. The van der Waals surface area contributed by atoms with Crippen LogP contribution in [-0.2, 0) is 0 Å². The number of carbonyl (C=O) groups excluding carboxylic acids is 1. The van der Waals surface area contributed by atoms with Crippen LogP contribution in [0, 0.1) is 0 Å². The van der Waals surface area contributed by atoms with Crippen molar-refractivity contribution < 1.29 is 15.0 Å². The van der Waals surface area contributed by atoms with Gasteiger partial charge in [-0.1, -0.05) is 19.1 Å². The van der Waals surface area contributed by atoms with Gasteiger partial charge in [-0.05, 0) is 18.6 Å². The zero-order valence-corrected chi connectivity index (χ0v) is 10.8. The molecule has 0 saturated carbocycles. The molecule has 1 aromatic rings. The van der Waals surface area contributed by atoms with Crippen molar-refractivity contribution in [1.29, 1.82) is 0 Å². The highest BCUT2D eigenvalue weighted by Crippen LogP contribution is 2.22. The maximum Gasteiger partial charge on any atom is 0.255 e. The molecular formula is C12H16N2O3S. The van der Waals surface area contributed by atoms with E-state index in [1.54, 1.807) is 0 Å². The van der Waals surface area contributed by atoms with Crippen molar-refractivity contribution in [2.24, 2.45) is 5.73 Å². The van der Waals surface area contributed by atoms with Crippen LogP contribution in [-0.4, -0.2) is 27.2 Å². The molecule has 0 aliphatic heterocycles. The summed E-state index contributed by atoms with van der Waals surface area (Å²) in [6, 6.07) is 3.64. The first-order valence-corrected chi connectivity index (χ1v) is 5.96. The number of carbonyl (C=O) groups is 1. The average Bonchev–Trinajstić information content (AvgIpc) is 2.27. The molecule has 0 heterocycles. The Hall–Kier alpha value is -1.82. The molecule has 1 amide bonds. The molecule has 0 saturated heterocycles. The molecule has 1 atom stereocenters. The number of phenolic OH excluding ortho intramolecular Hbond substituents is 2. The third kappa shape index (κ3) is 3.89. The molecule has 0 fully saturated rings. The van der Waals surface area contributed by atoms with Gasteiger partial charge >= 0.3 is 0 Å². The largest absolute Gasteiger partial charge is 0.508 e. The lowest BCUT2D eigenvalue weighted by Crippen LogP contribution is -2.37. The molecule has 0 aliphatic carbocycles. The van der Waals surface area contributed by atoms with Gasteiger partial charge in [0.05, 0.1) is 10.6 Å². The molecule has 0 aliphatic rings. The van der Waals surface area contributed by atoms with Gasteiger partial charge in [-0.2, -0.15) is 0 Å². The molecule has 98 valence electrons. The molecular weight excluding hydrogens is 252 g/mol. The van der Waals surface area contributed by atoms with Crippen LogP contribution in [0.4, 0.5) is 0 Å². The summed E-state index contributed by atoms with van der Waals surface area (Å²) in [5.41, 5.74) is 5.54. The van der Waals surface area contributed by atoms with Gasteiger partial charge in [-0.3, -0.25) is 4.79 Å². The smallest absolute Gasteiger partial charge is 0.255 e. The number of phenols is 2. The van der Waals surface area contributed by atoms with Crippen LogP contribution in [0.15, 0.2) is 18.2 Å². The summed E-state index contributed by atoms with van der Waals surface area (Å²) >= 11 is 4.79. The lowest BCUT2D eigenvalue weighted by Gasteiger charge is -2.16. The second kappa shape index (κ2) is 6.20. The van der Waals surface area contributed by atoms with E-state index in [1.807, 2.05) is 6.92 Å².